The predicted molar refractivity (Wildman–Crippen MR) is 119 cm³/mol. The Bertz CT molecular complexity index is 943. The third-order valence-corrected chi connectivity index (χ3v) is 11.2. The van der Waals surface area contributed by atoms with E-state index in [0.717, 1.165) is 5.57 Å². The zero-order valence-electron chi connectivity index (χ0n) is 18.5. The summed E-state index contributed by atoms with van der Waals surface area (Å²) in [5, 5.41) is 42.7. The number of rotatable bonds is 4. The van der Waals surface area contributed by atoms with Gasteiger partial charge in [0.15, 0.2) is 11.6 Å². The molecule has 4 rings (SSSR count). The van der Waals surface area contributed by atoms with Crippen LogP contribution in [0.25, 0.3) is 0 Å². The number of carbonyl (C=O) groups excluding carboxylic acids is 2. The van der Waals surface area contributed by atoms with Gasteiger partial charge in [-0.25, -0.2) is 0 Å². The molecule has 0 heterocycles. The molecule has 32 heavy (non-hydrogen) atoms. The van der Waals surface area contributed by atoms with Crippen LogP contribution in [0.3, 0.4) is 0 Å². The molecule has 3 saturated carbocycles. The fourth-order valence-corrected chi connectivity index (χ4v) is 8.68. The van der Waals surface area contributed by atoms with E-state index in [1.807, 2.05) is 13.0 Å². The van der Waals surface area contributed by atoms with Gasteiger partial charge in [0.05, 0.1) is 16.8 Å². The number of aliphatic hydroxyl groups excluding tert-OH is 2. The van der Waals surface area contributed by atoms with Crippen LogP contribution in [-0.2, 0) is 14.4 Å². The number of halogens is 1. The van der Waals surface area contributed by atoms with Gasteiger partial charge in [-0.2, -0.15) is 0 Å². The molecule has 8 heteroatoms. The van der Waals surface area contributed by atoms with Crippen molar-refractivity contribution in [2.45, 2.75) is 75.0 Å². The number of Topliss-reactive ketones (excluding diaryl/α,β-unsaturated/α-hetero) is 1. The van der Waals surface area contributed by atoms with Crippen molar-refractivity contribution < 1.29 is 34.8 Å². The fraction of sp³-hybridized carbons (Fsp3) is 0.708. The first-order valence-corrected chi connectivity index (χ1v) is 12.0. The molecular formula is C24H31BrO7. The SMILES string of the molecule is CC1C[C@H]2[C@@H]3CCC4=CC(=O)C=C[C@]4(C)[C@@]3(Br)C(O)C[C@]2(C)[C@@]1(O)C(=O)C(O)CC(=O)O. The Hall–Kier alpha value is -1.35. The van der Waals surface area contributed by atoms with Gasteiger partial charge in [0.2, 0.25) is 0 Å². The van der Waals surface area contributed by atoms with Crippen LogP contribution in [0.4, 0.5) is 0 Å². The van der Waals surface area contributed by atoms with Gasteiger partial charge >= 0.3 is 5.97 Å². The first-order chi connectivity index (χ1) is 14.7. The van der Waals surface area contributed by atoms with Gasteiger partial charge in [-0.3, -0.25) is 14.4 Å². The summed E-state index contributed by atoms with van der Waals surface area (Å²) in [5.74, 6) is -3.01. The van der Waals surface area contributed by atoms with Crippen LogP contribution in [0.1, 0.15) is 52.9 Å². The van der Waals surface area contributed by atoms with Gasteiger partial charge in [-0.15, -0.1) is 0 Å². The van der Waals surface area contributed by atoms with Crippen molar-refractivity contribution >= 4 is 33.5 Å². The lowest BCUT2D eigenvalue weighted by Gasteiger charge is -2.64. The Morgan fingerprint density at radius 1 is 1.28 bits per heavy atom. The molecule has 0 saturated heterocycles. The lowest BCUT2D eigenvalue weighted by Crippen LogP contribution is -2.69. The van der Waals surface area contributed by atoms with E-state index >= 15 is 0 Å². The van der Waals surface area contributed by atoms with Gasteiger partial charge in [0.1, 0.15) is 11.7 Å². The molecule has 9 atom stereocenters. The molecule has 0 aromatic carbocycles. The van der Waals surface area contributed by atoms with E-state index in [2.05, 4.69) is 15.9 Å². The number of allylic oxidation sites excluding steroid dienone is 4. The molecule has 4 aliphatic carbocycles. The van der Waals surface area contributed by atoms with Gasteiger partial charge in [0.25, 0.3) is 0 Å². The molecule has 0 aliphatic heterocycles. The molecule has 4 aliphatic rings. The molecule has 7 nitrogen and oxygen atoms in total. The van der Waals surface area contributed by atoms with Crippen molar-refractivity contribution in [2.75, 3.05) is 0 Å². The summed E-state index contributed by atoms with van der Waals surface area (Å²) < 4.78 is -0.779. The maximum absolute atomic E-state index is 13.2. The Kier molecular flexibility index (Phi) is 5.45. The van der Waals surface area contributed by atoms with E-state index in [1.165, 1.54) is 6.08 Å². The van der Waals surface area contributed by atoms with Crippen LogP contribution in [0.2, 0.25) is 0 Å². The zero-order chi connectivity index (χ0) is 23.9. The van der Waals surface area contributed by atoms with Gasteiger partial charge in [-0.05, 0) is 55.6 Å². The quantitative estimate of drug-likeness (QED) is 0.426. The second-order valence-corrected chi connectivity index (χ2v) is 12.0. The molecule has 176 valence electrons. The Morgan fingerprint density at radius 2 is 1.94 bits per heavy atom. The molecule has 0 radical (unpaired) electrons. The first-order valence-electron chi connectivity index (χ1n) is 11.2. The fourth-order valence-electron chi connectivity index (χ4n) is 7.58. The maximum atomic E-state index is 13.2. The van der Waals surface area contributed by atoms with E-state index in [9.17, 15) is 29.7 Å². The molecule has 0 spiro atoms. The summed E-state index contributed by atoms with van der Waals surface area (Å²) in [6, 6.07) is 0. The van der Waals surface area contributed by atoms with Crippen molar-refractivity contribution in [3.63, 3.8) is 0 Å². The standard InChI is InChI=1S/C24H31BrO7/c1-12-8-16-15-5-4-13-9-14(26)6-7-21(13,2)23(15,25)18(28)11-22(16,3)24(12,32)20(31)17(27)10-19(29)30/h6-7,9,12,15-18,27-28,32H,4-5,8,10-11H2,1-3H3,(H,29,30)/t12?,15-,16-,17?,18?,21-,22-,23-,24-/m0/s1. The second kappa shape index (κ2) is 7.32. The average Bonchev–Trinajstić information content (AvgIpc) is 2.90. The summed E-state index contributed by atoms with van der Waals surface area (Å²) in [7, 11) is 0. The summed E-state index contributed by atoms with van der Waals surface area (Å²) in [4.78, 5) is 36.3. The van der Waals surface area contributed by atoms with Crippen LogP contribution in [0, 0.1) is 28.6 Å². The Morgan fingerprint density at radius 3 is 2.56 bits per heavy atom. The van der Waals surface area contributed by atoms with Crippen molar-refractivity contribution in [1.29, 1.82) is 0 Å². The van der Waals surface area contributed by atoms with Gasteiger partial charge in [-0.1, -0.05) is 48.4 Å². The van der Waals surface area contributed by atoms with Crippen molar-refractivity contribution in [2.24, 2.45) is 28.6 Å². The highest BCUT2D eigenvalue weighted by Gasteiger charge is 2.74. The molecule has 4 N–H and O–H groups in total. The number of ketones is 2. The molecular weight excluding hydrogens is 480 g/mol. The van der Waals surface area contributed by atoms with Gasteiger partial charge < -0.3 is 20.4 Å². The number of hydrogen-bond acceptors (Lipinski definition) is 6. The number of fused-ring (bicyclic) bond motifs is 5. The minimum Gasteiger partial charge on any atom is -0.481 e. The van der Waals surface area contributed by atoms with Crippen LogP contribution < -0.4 is 0 Å². The number of alkyl halides is 1. The minimum atomic E-state index is -1.95. The largest absolute Gasteiger partial charge is 0.481 e. The van der Waals surface area contributed by atoms with E-state index in [-0.39, 0.29) is 24.0 Å². The maximum Gasteiger partial charge on any atom is 0.306 e. The van der Waals surface area contributed by atoms with Gasteiger partial charge in [0, 0.05) is 10.8 Å². The van der Waals surface area contributed by atoms with E-state index in [4.69, 9.17) is 5.11 Å². The molecule has 3 unspecified atom stereocenters. The van der Waals surface area contributed by atoms with Crippen molar-refractivity contribution in [3.05, 3.63) is 23.8 Å². The Balaban J connectivity index is 1.77. The number of aliphatic hydroxyl groups is 3. The van der Waals surface area contributed by atoms with E-state index in [1.54, 1.807) is 19.9 Å². The first kappa shape index (κ1) is 23.8. The lowest BCUT2D eigenvalue weighted by atomic mass is 9.46. The normalized spacial score (nSPS) is 48.3. The topological polar surface area (TPSA) is 132 Å². The molecule has 0 aromatic heterocycles. The van der Waals surface area contributed by atoms with E-state index < -0.39 is 57.1 Å². The third kappa shape index (κ3) is 2.79. The highest BCUT2D eigenvalue weighted by Crippen LogP contribution is 2.72. The molecule has 3 fully saturated rings. The molecule has 0 amide bonds. The van der Waals surface area contributed by atoms with E-state index in [0.29, 0.717) is 19.3 Å². The second-order valence-electron chi connectivity index (χ2n) is 10.6. The summed E-state index contributed by atoms with van der Waals surface area (Å²) in [5.41, 5.74) is -2.61. The number of hydrogen-bond donors (Lipinski definition) is 4. The molecule has 0 aromatic rings. The number of carboxylic acids is 1. The van der Waals surface area contributed by atoms with Crippen LogP contribution >= 0.6 is 15.9 Å². The number of carboxylic acid groups (broad SMARTS) is 1. The average molecular weight is 511 g/mol. The zero-order valence-corrected chi connectivity index (χ0v) is 20.1. The third-order valence-electron chi connectivity index (χ3n) is 9.27. The van der Waals surface area contributed by atoms with Crippen molar-refractivity contribution in [1.82, 2.24) is 0 Å². The summed E-state index contributed by atoms with van der Waals surface area (Å²) >= 11 is 3.93. The predicted octanol–water partition coefficient (Wildman–Crippen LogP) is 2.16. The van der Waals surface area contributed by atoms with Crippen LogP contribution in [0.5, 0.6) is 0 Å². The number of carbonyl (C=O) groups is 3. The van der Waals surface area contributed by atoms with Crippen molar-refractivity contribution in [3.8, 4) is 0 Å². The van der Waals surface area contributed by atoms with Crippen LogP contribution in [-0.4, -0.2) is 60.1 Å². The number of aliphatic carboxylic acids is 1. The molecule has 0 bridgehead atoms. The summed E-state index contributed by atoms with van der Waals surface area (Å²) in [6.45, 7) is 5.56. The van der Waals surface area contributed by atoms with Crippen LogP contribution in [0.15, 0.2) is 23.8 Å². The minimum absolute atomic E-state index is 0.0657. The summed E-state index contributed by atoms with van der Waals surface area (Å²) in [6.07, 6.45) is 3.51. The monoisotopic (exact) mass is 510 g/mol. The lowest BCUT2D eigenvalue weighted by molar-refractivity contribution is -0.184. The highest BCUT2D eigenvalue weighted by molar-refractivity contribution is 9.10. The smallest absolute Gasteiger partial charge is 0.306 e. The Labute approximate surface area is 195 Å². The highest BCUT2D eigenvalue weighted by atomic mass is 79.9.